The van der Waals surface area contributed by atoms with Crippen molar-refractivity contribution in [1.82, 2.24) is 5.32 Å². The predicted octanol–water partition coefficient (Wildman–Crippen LogP) is 0.289. The molecule has 1 aromatic rings. The second-order valence-electron chi connectivity index (χ2n) is 3.69. The average molecular weight is 225 g/mol. The quantitative estimate of drug-likeness (QED) is 0.673. The molecule has 0 radical (unpaired) electrons. The minimum Gasteiger partial charge on any atom is -0.368 e. The van der Waals surface area contributed by atoms with Crippen LogP contribution in [0.4, 0.5) is 4.39 Å². The molecule has 0 aliphatic heterocycles. The summed E-state index contributed by atoms with van der Waals surface area (Å²) in [6, 6.07) is 5.45. The molecule has 1 amide bonds. The molecular weight excluding hydrogens is 209 g/mol. The number of carbonyl (C=O) groups excluding carboxylic acids is 1. The summed E-state index contributed by atoms with van der Waals surface area (Å²) in [5, 5.41) is 3.01. The van der Waals surface area contributed by atoms with Gasteiger partial charge in [-0.1, -0.05) is 12.1 Å². The van der Waals surface area contributed by atoms with E-state index in [1.165, 1.54) is 12.1 Å². The van der Waals surface area contributed by atoms with E-state index in [0.29, 0.717) is 0 Å². The van der Waals surface area contributed by atoms with Crippen LogP contribution >= 0.6 is 0 Å². The zero-order valence-corrected chi connectivity index (χ0v) is 9.11. The number of primary amides is 1. The van der Waals surface area contributed by atoms with Crippen LogP contribution in [0.3, 0.4) is 0 Å². The second-order valence-corrected chi connectivity index (χ2v) is 3.69. The summed E-state index contributed by atoms with van der Waals surface area (Å²) in [6.07, 6.45) is 0. The number of benzene rings is 1. The number of nitrogens with one attached hydrogen (secondary N) is 1. The SMILES string of the molecule is CC(NCC(N)C(N)=O)c1cccc(F)c1. The fourth-order valence-electron chi connectivity index (χ4n) is 1.30. The first-order chi connectivity index (χ1) is 7.50. The van der Waals surface area contributed by atoms with Crippen LogP contribution in [0.25, 0.3) is 0 Å². The van der Waals surface area contributed by atoms with Crippen molar-refractivity contribution in [2.75, 3.05) is 6.54 Å². The van der Waals surface area contributed by atoms with Gasteiger partial charge in [0.2, 0.25) is 5.91 Å². The third kappa shape index (κ3) is 3.60. The van der Waals surface area contributed by atoms with Crippen LogP contribution in [-0.4, -0.2) is 18.5 Å². The molecule has 2 atom stereocenters. The van der Waals surface area contributed by atoms with E-state index in [0.717, 1.165) is 5.56 Å². The van der Waals surface area contributed by atoms with Gasteiger partial charge in [0.1, 0.15) is 5.82 Å². The van der Waals surface area contributed by atoms with Crippen LogP contribution in [0, 0.1) is 5.82 Å². The number of nitrogens with two attached hydrogens (primary N) is 2. The molecule has 0 aliphatic rings. The summed E-state index contributed by atoms with van der Waals surface area (Å²) < 4.78 is 12.9. The van der Waals surface area contributed by atoms with Crippen molar-refractivity contribution in [3.63, 3.8) is 0 Å². The van der Waals surface area contributed by atoms with E-state index in [-0.39, 0.29) is 18.4 Å². The van der Waals surface area contributed by atoms with Gasteiger partial charge in [-0.05, 0) is 24.6 Å². The smallest absolute Gasteiger partial charge is 0.235 e. The third-order valence-corrected chi connectivity index (χ3v) is 2.36. The summed E-state index contributed by atoms with van der Waals surface area (Å²) in [4.78, 5) is 10.7. The first-order valence-corrected chi connectivity index (χ1v) is 5.04. The third-order valence-electron chi connectivity index (χ3n) is 2.36. The molecule has 0 saturated heterocycles. The predicted molar refractivity (Wildman–Crippen MR) is 60.0 cm³/mol. The van der Waals surface area contributed by atoms with Gasteiger partial charge < -0.3 is 16.8 Å². The van der Waals surface area contributed by atoms with Crippen molar-refractivity contribution in [3.05, 3.63) is 35.6 Å². The van der Waals surface area contributed by atoms with Gasteiger partial charge in [0.15, 0.2) is 0 Å². The highest BCUT2D eigenvalue weighted by molar-refractivity contribution is 5.79. The van der Waals surface area contributed by atoms with Gasteiger partial charge in [0.05, 0.1) is 6.04 Å². The van der Waals surface area contributed by atoms with Crippen molar-refractivity contribution < 1.29 is 9.18 Å². The lowest BCUT2D eigenvalue weighted by Gasteiger charge is -2.16. The van der Waals surface area contributed by atoms with E-state index < -0.39 is 11.9 Å². The maximum Gasteiger partial charge on any atom is 0.235 e. The normalized spacial score (nSPS) is 14.4. The molecule has 0 heterocycles. The van der Waals surface area contributed by atoms with E-state index in [2.05, 4.69) is 5.32 Å². The Morgan fingerprint density at radius 3 is 2.81 bits per heavy atom. The first-order valence-electron chi connectivity index (χ1n) is 5.04. The largest absolute Gasteiger partial charge is 0.368 e. The molecule has 0 spiro atoms. The molecule has 1 rings (SSSR count). The van der Waals surface area contributed by atoms with Crippen LogP contribution in [0.5, 0.6) is 0 Å². The molecule has 0 aromatic heterocycles. The zero-order chi connectivity index (χ0) is 12.1. The molecule has 0 bridgehead atoms. The molecule has 2 unspecified atom stereocenters. The van der Waals surface area contributed by atoms with Crippen LogP contribution in [-0.2, 0) is 4.79 Å². The topological polar surface area (TPSA) is 81.1 Å². The summed E-state index contributed by atoms with van der Waals surface area (Å²) in [5.74, 6) is -0.843. The van der Waals surface area contributed by atoms with Crippen molar-refractivity contribution in [3.8, 4) is 0 Å². The second kappa shape index (κ2) is 5.58. The summed E-state index contributed by atoms with van der Waals surface area (Å²) >= 11 is 0. The van der Waals surface area contributed by atoms with Crippen LogP contribution < -0.4 is 16.8 Å². The van der Waals surface area contributed by atoms with E-state index in [1.54, 1.807) is 12.1 Å². The fourth-order valence-corrected chi connectivity index (χ4v) is 1.30. The maximum atomic E-state index is 12.9. The van der Waals surface area contributed by atoms with E-state index in [9.17, 15) is 9.18 Å². The molecule has 4 nitrogen and oxygen atoms in total. The molecule has 88 valence electrons. The Morgan fingerprint density at radius 2 is 2.25 bits per heavy atom. The number of amides is 1. The molecule has 0 aliphatic carbocycles. The van der Waals surface area contributed by atoms with Gasteiger partial charge in [0, 0.05) is 12.6 Å². The van der Waals surface area contributed by atoms with Gasteiger partial charge in [-0.3, -0.25) is 4.79 Å². The van der Waals surface area contributed by atoms with E-state index in [4.69, 9.17) is 11.5 Å². The summed E-state index contributed by atoms with van der Waals surface area (Å²) in [6.45, 7) is 2.13. The minimum atomic E-state index is -0.726. The highest BCUT2D eigenvalue weighted by Crippen LogP contribution is 2.12. The van der Waals surface area contributed by atoms with Gasteiger partial charge in [0.25, 0.3) is 0 Å². The van der Waals surface area contributed by atoms with E-state index in [1.807, 2.05) is 6.92 Å². The average Bonchev–Trinajstić information content (AvgIpc) is 2.25. The lowest BCUT2D eigenvalue weighted by Crippen LogP contribution is -2.44. The lowest BCUT2D eigenvalue weighted by molar-refractivity contribution is -0.119. The molecular formula is C11H16FN3O. The molecule has 0 fully saturated rings. The van der Waals surface area contributed by atoms with Crippen molar-refractivity contribution in [1.29, 1.82) is 0 Å². The number of carbonyl (C=O) groups is 1. The minimum absolute atomic E-state index is 0.0823. The molecule has 5 heteroatoms. The fraction of sp³-hybridized carbons (Fsp3) is 0.364. The van der Waals surface area contributed by atoms with Gasteiger partial charge >= 0.3 is 0 Å². The molecule has 5 N–H and O–H groups in total. The number of hydrogen-bond acceptors (Lipinski definition) is 3. The van der Waals surface area contributed by atoms with Crippen molar-refractivity contribution in [2.24, 2.45) is 11.5 Å². The molecule has 1 aromatic carbocycles. The molecule has 16 heavy (non-hydrogen) atoms. The Morgan fingerprint density at radius 1 is 1.56 bits per heavy atom. The number of rotatable bonds is 5. The Labute approximate surface area is 93.8 Å². The summed E-state index contributed by atoms with van der Waals surface area (Å²) in [5.41, 5.74) is 11.3. The standard InChI is InChI=1S/C11H16FN3O/c1-7(15-6-10(13)11(14)16)8-3-2-4-9(12)5-8/h2-5,7,10,15H,6,13H2,1H3,(H2,14,16). The number of halogens is 1. The zero-order valence-electron chi connectivity index (χ0n) is 9.11. The first kappa shape index (κ1) is 12.6. The Kier molecular flexibility index (Phi) is 4.39. The summed E-state index contributed by atoms with van der Waals surface area (Å²) in [7, 11) is 0. The highest BCUT2D eigenvalue weighted by atomic mass is 19.1. The monoisotopic (exact) mass is 225 g/mol. The van der Waals surface area contributed by atoms with Gasteiger partial charge in [-0.25, -0.2) is 4.39 Å². The highest BCUT2D eigenvalue weighted by Gasteiger charge is 2.11. The van der Waals surface area contributed by atoms with Crippen LogP contribution in [0.15, 0.2) is 24.3 Å². The Hall–Kier alpha value is -1.46. The Bertz CT molecular complexity index is 370. The maximum absolute atomic E-state index is 12.9. The van der Waals surface area contributed by atoms with E-state index >= 15 is 0 Å². The molecule has 0 saturated carbocycles. The van der Waals surface area contributed by atoms with Gasteiger partial charge in [-0.2, -0.15) is 0 Å². The van der Waals surface area contributed by atoms with Crippen molar-refractivity contribution >= 4 is 5.91 Å². The van der Waals surface area contributed by atoms with Crippen LogP contribution in [0.2, 0.25) is 0 Å². The Balaban J connectivity index is 2.52. The van der Waals surface area contributed by atoms with Gasteiger partial charge in [-0.15, -0.1) is 0 Å². The van der Waals surface area contributed by atoms with Crippen LogP contribution in [0.1, 0.15) is 18.5 Å². The van der Waals surface area contributed by atoms with Crippen molar-refractivity contribution in [2.45, 2.75) is 19.0 Å². The lowest BCUT2D eigenvalue weighted by atomic mass is 10.1. The number of hydrogen-bond donors (Lipinski definition) is 3.